The molecule has 0 spiro atoms. The Morgan fingerprint density at radius 2 is 1.24 bits per heavy atom. The number of hydrogen-bond donors (Lipinski definition) is 0. The van der Waals surface area contributed by atoms with E-state index >= 15 is 0 Å². The molecule has 9 nitrogen and oxygen atoms in total. The van der Waals surface area contributed by atoms with Crippen LogP contribution in [0.25, 0.3) is 10.9 Å². The highest BCUT2D eigenvalue weighted by atomic mass is 16.6. The maximum absolute atomic E-state index is 13.4. The zero-order valence-electron chi connectivity index (χ0n) is 24.7. The van der Waals surface area contributed by atoms with Crippen LogP contribution in [0.15, 0.2) is 23.3 Å². The molecule has 0 fully saturated rings. The number of aromatic nitrogens is 2. The van der Waals surface area contributed by atoms with E-state index in [0.29, 0.717) is 22.4 Å². The number of nitrogens with zero attached hydrogens (tertiary/aromatic N) is 2. The molecule has 2 rings (SSSR count). The smallest absolute Gasteiger partial charge is 0.312 e. The van der Waals surface area contributed by atoms with E-state index in [1.54, 1.807) is 47.1 Å². The fraction of sp³-hybridized carbons (Fsp3) is 0.679. The maximum atomic E-state index is 13.4. The molecule has 208 valence electrons. The number of ether oxygens (including phenoxy) is 5. The summed E-state index contributed by atoms with van der Waals surface area (Å²) in [6.07, 6.45) is 1.35. The number of carbonyl (C=O) groups is 1. The van der Waals surface area contributed by atoms with Gasteiger partial charge in [-0.05, 0) is 82.2 Å². The van der Waals surface area contributed by atoms with Gasteiger partial charge in [0, 0.05) is 20.3 Å². The molecule has 0 saturated carbocycles. The van der Waals surface area contributed by atoms with Crippen LogP contribution in [0.1, 0.15) is 76.2 Å². The predicted octanol–water partition coefficient (Wildman–Crippen LogP) is 5.11. The van der Waals surface area contributed by atoms with Crippen molar-refractivity contribution < 1.29 is 28.5 Å². The summed E-state index contributed by atoms with van der Waals surface area (Å²) in [5.41, 5.74) is -3.54. The number of benzene rings is 1. The van der Waals surface area contributed by atoms with Gasteiger partial charge in [0.05, 0.1) is 16.3 Å². The molecule has 0 atom stereocenters. The third kappa shape index (κ3) is 6.44. The van der Waals surface area contributed by atoms with Gasteiger partial charge in [-0.15, -0.1) is 0 Å². The minimum atomic E-state index is -0.808. The largest absolute Gasteiger partial charge is 0.481 e. The molecule has 1 aromatic heterocycles. The molecule has 0 radical (unpaired) electrons. The van der Waals surface area contributed by atoms with E-state index in [1.807, 2.05) is 55.4 Å². The van der Waals surface area contributed by atoms with Crippen LogP contribution in [0.3, 0.4) is 0 Å². The second-order valence-corrected chi connectivity index (χ2v) is 12.3. The first kappa shape index (κ1) is 30.6. The van der Waals surface area contributed by atoms with E-state index in [2.05, 4.69) is 4.98 Å². The zero-order chi connectivity index (χ0) is 28.6. The van der Waals surface area contributed by atoms with E-state index in [4.69, 9.17) is 23.7 Å². The summed E-state index contributed by atoms with van der Waals surface area (Å²) in [6, 6.07) is 3.30. The molecule has 0 N–H and O–H groups in total. The lowest BCUT2D eigenvalue weighted by atomic mass is 9.88. The normalized spacial score (nSPS) is 13.5. The van der Waals surface area contributed by atoms with E-state index in [1.165, 1.54) is 10.9 Å². The van der Waals surface area contributed by atoms with Gasteiger partial charge < -0.3 is 23.7 Å². The van der Waals surface area contributed by atoms with Crippen LogP contribution in [-0.4, -0.2) is 52.1 Å². The number of carbonyl (C=O) groups excluding carboxylic acids is 1. The number of methoxy groups -OCH3 is 2. The molecule has 0 amide bonds. The molecular formula is C28H44N2O7. The van der Waals surface area contributed by atoms with Gasteiger partial charge in [-0.2, -0.15) is 0 Å². The summed E-state index contributed by atoms with van der Waals surface area (Å²) in [5, 5.41) is 0.298. The Bertz CT molecular complexity index is 1190. The van der Waals surface area contributed by atoms with Gasteiger partial charge in [-0.25, -0.2) is 4.98 Å². The van der Waals surface area contributed by atoms with E-state index in [-0.39, 0.29) is 12.3 Å². The van der Waals surface area contributed by atoms with E-state index in [0.717, 1.165) is 0 Å². The second kappa shape index (κ2) is 10.3. The predicted molar refractivity (Wildman–Crippen MR) is 143 cm³/mol. The van der Waals surface area contributed by atoms with Crippen LogP contribution < -0.4 is 15.0 Å². The van der Waals surface area contributed by atoms with Crippen molar-refractivity contribution in [3.63, 3.8) is 0 Å². The van der Waals surface area contributed by atoms with Crippen LogP contribution in [0.5, 0.6) is 11.5 Å². The molecular weight excluding hydrogens is 476 g/mol. The highest BCUT2D eigenvalue weighted by Crippen LogP contribution is 2.41. The fourth-order valence-electron chi connectivity index (χ4n) is 3.05. The summed E-state index contributed by atoms with van der Waals surface area (Å²) >= 11 is 0. The van der Waals surface area contributed by atoms with Crippen molar-refractivity contribution in [1.29, 1.82) is 0 Å². The van der Waals surface area contributed by atoms with Crippen molar-refractivity contribution in [1.82, 2.24) is 9.55 Å². The van der Waals surface area contributed by atoms with Crippen molar-refractivity contribution in [2.45, 2.75) is 105 Å². The van der Waals surface area contributed by atoms with Crippen LogP contribution in [-0.2, 0) is 25.7 Å². The molecule has 0 bridgehead atoms. The van der Waals surface area contributed by atoms with Crippen molar-refractivity contribution >= 4 is 16.9 Å². The molecule has 1 aromatic carbocycles. The molecule has 0 unspecified atom stereocenters. The Hall–Kier alpha value is -2.65. The van der Waals surface area contributed by atoms with Crippen molar-refractivity contribution in [3.05, 3.63) is 28.8 Å². The number of esters is 1. The van der Waals surface area contributed by atoms with E-state index in [9.17, 15) is 9.59 Å². The van der Waals surface area contributed by atoms with Gasteiger partial charge in [-0.3, -0.25) is 14.2 Å². The first-order valence-electron chi connectivity index (χ1n) is 12.4. The molecule has 0 aliphatic carbocycles. The molecule has 9 heteroatoms. The van der Waals surface area contributed by atoms with Gasteiger partial charge in [0.25, 0.3) is 5.56 Å². The SMILES string of the molecule is COC(C)(C)C(C)(C)Oc1cc2ncn(COC(=O)C(C)(C)C)c(=O)c2cc1OC(C)(C)C(C)(C)OC. The average Bonchev–Trinajstić information content (AvgIpc) is 2.77. The van der Waals surface area contributed by atoms with Crippen LogP contribution in [0.4, 0.5) is 0 Å². The summed E-state index contributed by atoms with van der Waals surface area (Å²) in [6.45, 7) is 20.4. The van der Waals surface area contributed by atoms with Crippen LogP contribution in [0, 0.1) is 5.41 Å². The lowest BCUT2D eigenvalue weighted by molar-refractivity contribution is -0.157. The standard InChI is InChI=1S/C28H44N2O7/c1-24(2,3)23(32)35-17-30-16-29-19-15-21(37-28(10,11)26(6,7)34-13)20(14-18(19)22(30)31)36-27(8,9)25(4,5)33-12/h14-16H,17H2,1-13H3. The molecule has 0 aliphatic heterocycles. The van der Waals surface area contributed by atoms with Crippen LogP contribution in [0.2, 0.25) is 0 Å². The monoisotopic (exact) mass is 520 g/mol. The number of hydrogen-bond acceptors (Lipinski definition) is 8. The van der Waals surface area contributed by atoms with E-state index < -0.39 is 33.8 Å². The summed E-state index contributed by atoms with van der Waals surface area (Å²) < 4.78 is 30.9. The third-order valence-electron chi connectivity index (χ3n) is 7.49. The minimum Gasteiger partial charge on any atom is -0.481 e. The Labute approximate surface area is 220 Å². The topological polar surface area (TPSA) is 98.1 Å². The van der Waals surface area contributed by atoms with Gasteiger partial charge >= 0.3 is 5.97 Å². The van der Waals surface area contributed by atoms with Gasteiger partial charge in [0.15, 0.2) is 18.2 Å². The maximum Gasteiger partial charge on any atom is 0.312 e. The van der Waals surface area contributed by atoms with Gasteiger partial charge in [0.1, 0.15) is 28.7 Å². The highest BCUT2D eigenvalue weighted by Gasteiger charge is 2.43. The Balaban J connectivity index is 2.66. The van der Waals surface area contributed by atoms with Crippen molar-refractivity contribution in [2.75, 3.05) is 14.2 Å². The first-order valence-corrected chi connectivity index (χ1v) is 12.4. The lowest BCUT2D eigenvalue weighted by Crippen LogP contribution is -2.52. The molecule has 0 aliphatic rings. The molecule has 2 aromatic rings. The fourth-order valence-corrected chi connectivity index (χ4v) is 3.05. The molecule has 37 heavy (non-hydrogen) atoms. The number of rotatable bonds is 10. The van der Waals surface area contributed by atoms with Crippen LogP contribution >= 0.6 is 0 Å². The first-order chi connectivity index (χ1) is 16.7. The molecule has 1 heterocycles. The average molecular weight is 521 g/mol. The number of fused-ring (bicyclic) bond motifs is 1. The Morgan fingerprint density at radius 1 is 0.784 bits per heavy atom. The van der Waals surface area contributed by atoms with Gasteiger partial charge in [0.2, 0.25) is 0 Å². The quantitative estimate of drug-likeness (QED) is 0.399. The third-order valence-corrected chi connectivity index (χ3v) is 7.49. The summed E-state index contributed by atoms with van der Waals surface area (Å²) in [7, 11) is 3.25. The second-order valence-electron chi connectivity index (χ2n) is 12.3. The Kier molecular flexibility index (Phi) is 8.47. The zero-order valence-corrected chi connectivity index (χ0v) is 24.7. The Morgan fingerprint density at radius 3 is 1.68 bits per heavy atom. The van der Waals surface area contributed by atoms with Crippen molar-refractivity contribution in [2.24, 2.45) is 5.41 Å². The molecule has 0 saturated heterocycles. The highest BCUT2D eigenvalue weighted by molar-refractivity contribution is 5.82. The minimum absolute atomic E-state index is 0.246. The summed E-state index contributed by atoms with van der Waals surface area (Å²) in [5.74, 6) is 0.344. The lowest BCUT2D eigenvalue weighted by Gasteiger charge is -2.42. The van der Waals surface area contributed by atoms with Crippen molar-refractivity contribution in [3.8, 4) is 11.5 Å². The summed E-state index contributed by atoms with van der Waals surface area (Å²) in [4.78, 5) is 30.0. The van der Waals surface area contributed by atoms with Gasteiger partial charge in [-0.1, -0.05) is 0 Å².